The number of piperidine rings is 1. The van der Waals surface area contributed by atoms with Crippen LogP contribution in [0.1, 0.15) is 37.3 Å². The minimum absolute atomic E-state index is 0. The van der Waals surface area contributed by atoms with E-state index in [4.69, 9.17) is 0 Å². The first kappa shape index (κ1) is 20.9. The number of alkyl halides is 5. The van der Waals surface area contributed by atoms with Crippen LogP contribution in [0.25, 0.3) is 0 Å². The van der Waals surface area contributed by atoms with Gasteiger partial charge in [-0.05, 0) is 24.9 Å². The molecule has 0 bridgehead atoms. The van der Waals surface area contributed by atoms with Gasteiger partial charge in [-0.2, -0.15) is 13.2 Å². The Labute approximate surface area is 154 Å². The van der Waals surface area contributed by atoms with Gasteiger partial charge in [0.2, 0.25) is 0 Å². The number of rotatable bonds is 3. The topological polar surface area (TPSA) is 32.3 Å². The fraction of sp³-hybridized carbons (Fsp3) is 0.588. The van der Waals surface area contributed by atoms with Crippen LogP contribution in [0.3, 0.4) is 0 Å². The van der Waals surface area contributed by atoms with Crippen LogP contribution in [-0.4, -0.2) is 41.5 Å². The lowest BCUT2D eigenvalue weighted by Crippen LogP contribution is -2.61. The monoisotopic (exact) mass is 398 g/mol. The van der Waals surface area contributed by atoms with Gasteiger partial charge < -0.3 is 10.2 Å². The highest BCUT2D eigenvalue weighted by Crippen LogP contribution is 2.43. The van der Waals surface area contributed by atoms with Crippen molar-refractivity contribution in [2.24, 2.45) is 0 Å². The number of carbonyl (C=O) groups excluding carboxylic acids is 1. The number of hydrogen-bond acceptors (Lipinski definition) is 2. The average Bonchev–Trinajstić information content (AvgIpc) is 2.53. The number of nitrogens with one attached hydrogen (secondary N) is 1. The number of hydrogen-bond donors (Lipinski definition) is 1. The molecule has 1 N–H and O–H groups in total. The van der Waals surface area contributed by atoms with Crippen LogP contribution in [0.15, 0.2) is 30.3 Å². The zero-order valence-electron chi connectivity index (χ0n) is 13.8. The summed E-state index contributed by atoms with van der Waals surface area (Å²) >= 11 is 0. The SMILES string of the molecule is Cl.O=C(N(C1CC(F)(F)C1)[C@@H]1CCN[C@H](c2ccccc2)C1)C(F)(F)F. The molecule has 0 spiro atoms. The van der Waals surface area contributed by atoms with Crippen LogP contribution < -0.4 is 5.32 Å². The van der Waals surface area contributed by atoms with Gasteiger partial charge in [-0.1, -0.05) is 30.3 Å². The molecule has 1 aliphatic heterocycles. The standard InChI is InChI=1S/C17H19F5N2O.ClH/c18-16(19)9-13(10-16)24(15(25)17(20,21)22)12-6-7-23-14(8-12)11-4-2-1-3-5-11;/h1-5,12-14,23H,6-10H2;1H/t12-,14+;/m1./s1. The first-order valence-electron chi connectivity index (χ1n) is 8.23. The molecule has 26 heavy (non-hydrogen) atoms. The molecule has 0 aromatic heterocycles. The van der Waals surface area contributed by atoms with Crippen LogP contribution in [0.4, 0.5) is 22.0 Å². The van der Waals surface area contributed by atoms with Crippen molar-refractivity contribution >= 4 is 18.3 Å². The van der Waals surface area contributed by atoms with Gasteiger partial charge in [0, 0.05) is 31.0 Å². The molecule has 3 nitrogen and oxygen atoms in total. The largest absolute Gasteiger partial charge is 0.471 e. The normalized spacial score (nSPS) is 25.7. The number of carbonyl (C=O) groups is 1. The van der Waals surface area contributed by atoms with Crippen LogP contribution in [0.5, 0.6) is 0 Å². The van der Waals surface area contributed by atoms with Gasteiger partial charge in [0.1, 0.15) is 0 Å². The second kappa shape index (κ2) is 7.68. The third-order valence-electron chi connectivity index (χ3n) is 4.91. The third-order valence-corrected chi connectivity index (χ3v) is 4.91. The van der Waals surface area contributed by atoms with E-state index in [1.807, 2.05) is 30.3 Å². The zero-order chi connectivity index (χ0) is 18.2. The maximum Gasteiger partial charge on any atom is 0.471 e. The molecule has 1 amide bonds. The lowest BCUT2D eigenvalue weighted by Gasteiger charge is -2.48. The van der Waals surface area contributed by atoms with Gasteiger partial charge in [-0.25, -0.2) is 8.78 Å². The summed E-state index contributed by atoms with van der Waals surface area (Å²) in [4.78, 5) is 12.6. The predicted octanol–water partition coefficient (Wildman–Crippen LogP) is 4.09. The summed E-state index contributed by atoms with van der Waals surface area (Å²) in [6, 6.07) is 7.23. The maximum atomic E-state index is 13.2. The van der Waals surface area contributed by atoms with Crippen molar-refractivity contribution in [2.45, 2.75) is 55.9 Å². The van der Waals surface area contributed by atoms with Gasteiger partial charge in [0.25, 0.3) is 5.92 Å². The van der Waals surface area contributed by atoms with Gasteiger partial charge in [0.05, 0.1) is 0 Å². The highest BCUT2D eigenvalue weighted by molar-refractivity contribution is 5.85. The zero-order valence-corrected chi connectivity index (χ0v) is 14.6. The van der Waals surface area contributed by atoms with E-state index < -0.39 is 42.9 Å². The Hall–Kier alpha value is -1.41. The number of nitrogens with zero attached hydrogens (tertiary/aromatic N) is 1. The molecule has 1 aliphatic carbocycles. The van der Waals surface area contributed by atoms with E-state index in [0.717, 1.165) is 5.56 Å². The van der Waals surface area contributed by atoms with Crippen LogP contribution in [-0.2, 0) is 4.79 Å². The molecule has 2 aliphatic rings. The van der Waals surface area contributed by atoms with Gasteiger partial charge >= 0.3 is 12.1 Å². The number of benzene rings is 1. The molecule has 0 radical (unpaired) electrons. The fourth-order valence-electron chi connectivity index (χ4n) is 3.69. The second-order valence-electron chi connectivity index (χ2n) is 6.72. The lowest BCUT2D eigenvalue weighted by molar-refractivity contribution is -0.203. The van der Waals surface area contributed by atoms with Crippen molar-refractivity contribution in [3.63, 3.8) is 0 Å². The summed E-state index contributed by atoms with van der Waals surface area (Å²) in [6.45, 7) is 0.426. The molecule has 1 heterocycles. The van der Waals surface area contributed by atoms with Crippen molar-refractivity contribution in [2.75, 3.05) is 6.54 Å². The van der Waals surface area contributed by atoms with Crippen molar-refractivity contribution in [1.29, 1.82) is 0 Å². The van der Waals surface area contributed by atoms with E-state index in [2.05, 4.69) is 5.32 Å². The van der Waals surface area contributed by atoms with Gasteiger partial charge in [0.15, 0.2) is 0 Å². The smallest absolute Gasteiger partial charge is 0.328 e. The van der Waals surface area contributed by atoms with Crippen LogP contribution >= 0.6 is 12.4 Å². The Morgan fingerprint density at radius 2 is 1.73 bits per heavy atom. The Balaban J connectivity index is 0.00000243. The molecule has 0 unspecified atom stereocenters. The Morgan fingerprint density at radius 1 is 1.12 bits per heavy atom. The summed E-state index contributed by atoms with van der Waals surface area (Å²) in [5.74, 6) is -4.99. The van der Waals surface area contributed by atoms with Gasteiger partial charge in [-0.3, -0.25) is 4.79 Å². The first-order valence-corrected chi connectivity index (χ1v) is 8.23. The summed E-state index contributed by atoms with van der Waals surface area (Å²) in [7, 11) is 0. The minimum Gasteiger partial charge on any atom is -0.328 e. The third kappa shape index (κ3) is 4.46. The van der Waals surface area contributed by atoms with E-state index in [1.165, 1.54) is 0 Å². The summed E-state index contributed by atoms with van der Waals surface area (Å²) < 4.78 is 65.4. The van der Waals surface area contributed by atoms with E-state index in [0.29, 0.717) is 17.9 Å². The molecule has 1 aromatic rings. The lowest BCUT2D eigenvalue weighted by atomic mass is 9.83. The summed E-state index contributed by atoms with van der Waals surface area (Å²) in [5.41, 5.74) is 0.908. The number of halogens is 6. The van der Waals surface area contributed by atoms with E-state index in [-0.39, 0.29) is 24.9 Å². The molecular formula is C17H20ClF5N2O. The Kier molecular flexibility index (Phi) is 6.17. The number of amides is 1. The van der Waals surface area contributed by atoms with E-state index >= 15 is 0 Å². The fourth-order valence-corrected chi connectivity index (χ4v) is 3.69. The molecule has 2 fully saturated rings. The van der Waals surface area contributed by atoms with Crippen molar-refractivity contribution < 1.29 is 26.7 Å². The van der Waals surface area contributed by atoms with E-state index in [1.54, 1.807) is 0 Å². The molecule has 9 heteroatoms. The average molecular weight is 399 g/mol. The Morgan fingerprint density at radius 3 is 2.27 bits per heavy atom. The Bertz CT molecular complexity index is 617. The summed E-state index contributed by atoms with van der Waals surface area (Å²) in [6.07, 6.45) is -5.87. The molecule has 1 saturated heterocycles. The minimum atomic E-state index is -5.06. The van der Waals surface area contributed by atoms with Crippen molar-refractivity contribution in [1.82, 2.24) is 10.2 Å². The summed E-state index contributed by atoms with van der Waals surface area (Å²) in [5, 5.41) is 3.22. The van der Waals surface area contributed by atoms with Crippen LogP contribution in [0, 0.1) is 0 Å². The second-order valence-corrected chi connectivity index (χ2v) is 6.72. The van der Waals surface area contributed by atoms with Gasteiger partial charge in [-0.15, -0.1) is 12.4 Å². The quantitative estimate of drug-likeness (QED) is 0.778. The van der Waals surface area contributed by atoms with Crippen molar-refractivity contribution in [3.05, 3.63) is 35.9 Å². The molecule has 1 saturated carbocycles. The molecular weight excluding hydrogens is 379 g/mol. The predicted molar refractivity (Wildman–Crippen MR) is 88.3 cm³/mol. The molecule has 3 rings (SSSR count). The van der Waals surface area contributed by atoms with E-state index in [9.17, 15) is 26.7 Å². The van der Waals surface area contributed by atoms with Crippen LogP contribution in [0.2, 0.25) is 0 Å². The molecule has 146 valence electrons. The molecule has 2 atom stereocenters. The highest BCUT2D eigenvalue weighted by atomic mass is 35.5. The first-order chi connectivity index (χ1) is 11.7. The molecule has 1 aromatic carbocycles. The maximum absolute atomic E-state index is 13.2. The highest BCUT2D eigenvalue weighted by Gasteiger charge is 2.55. The van der Waals surface area contributed by atoms with Crippen molar-refractivity contribution in [3.8, 4) is 0 Å².